The molecule has 0 bridgehead atoms. The SMILES string of the molecule is NCc1c(NC(=O)c2ccc3c(c2)OCO3)sc2c1CCCC2. The Kier molecular flexibility index (Phi) is 3.71. The molecule has 1 amide bonds. The van der Waals surface area contributed by atoms with Gasteiger partial charge in [-0.05, 0) is 49.4 Å². The lowest BCUT2D eigenvalue weighted by molar-refractivity contribution is 0.102. The molecule has 4 rings (SSSR count). The van der Waals surface area contributed by atoms with Crippen LogP contribution in [0.25, 0.3) is 0 Å². The van der Waals surface area contributed by atoms with Gasteiger partial charge in [0.2, 0.25) is 6.79 Å². The van der Waals surface area contributed by atoms with Crippen molar-refractivity contribution in [3.63, 3.8) is 0 Å². The van der Waals surface area contributed by atoms with E-state index in [9.17, 15) is 4.79 Å². The van der Waals surface area contributed by atoms with Gasteiger partial charge in [0.25, 0.3) is 5.91 Å². The predicted octanol–water partition coefficient (Wildman–Crippen LogP) is 3.07. The smallest absolute Gasteiger partial charge is 0.256 e. The second-order valence-electron chi connectivity index (χ2n) is 5.74. The number of thiophene rings is 1. The van der Waals surface area contributed by atoms with Crippen molar-refractivity contribution in [2.75, 3.05) is 12.1 Å². The molecule has 2 aromatic rings. The van der Waals surface area contributed by atoms with Crippen molar-refractivity contribution in [2.24, 2.45) is 5.73 Å². The Labute approximate surface area is 138 Å². The van der Waals surface area contributed by atoms with Crippen LogP contribution in [0.3, 0.4) is 0 Å². The van der Waals surface area contributed by atoms with E-state index in [-0.39, 0.29) is 12.7 Å². The van der Waals surface area contributed by atoms with E-state index < -0.39 is 0 Å². The maximum atomic E-state index is 12.6. The van der Waals surface area contributed by atoms with Gasteiger partial charge >= 0.3 is 0 Å². The quantitative estimate of drug-likeness (QED) is 0.907. The van der Waals surface area contributed by atoms with E-state index >= 15 is 0 Å². The van der Waals surface area contributed by atoms with Crippen molar-refractivity contribution in [3.8, 4) is 11.5 Å². The standard InChI is InChI=1S/C17H18N2O3S/c18-8-12-11-3-1-2-4-15(11)23-17(12)19-16(20)10-5-6-13-14(7-10)22-9-21-13/h5-7H,1-4,8-9,18H2,(H,19,20). The Morgan fingerprint density at radius 2 is 2.04 bits per heavy atom. The summed E-state index contributed by atoms with van der Waals surface area (Å²) in [6, 6.07) is 5.23. The van der Waals surface area contributed by atoms with Gasteiger partial charge in [-0.25, -0.2) is 0 Å². The number of benzene rings is 1. The van der Waals surface area contributed by atoms with Crippen molar-refractivity contribution in [1.29, 1.82) is 0 Å². The topological polar surface area (TPSA) is 73.6 Å². The first kappa shape index (κ1) is 14.5. The van der Waals surface area contributed by atoms with E-state index in [1.54, 1.807) is 29.5 Å². The molecule has 1 aliphatic carbocycles. The third-order valence-corrected chi connectivity index (χ3v) is 5.60. The summed E-state index contributed by atoms with van der Waals surface area (Å²) < 4.78 is 10.6. The highest BCUT2D eigenvalue weighted by molar-refractivity contribution is 7.16. The van der Waals surface area contributed by atoms with Crippen molar-refractivity contribution in [2.45, 2.75) is 32.2 Å². The molecule has 0 spiro atoms. The summed E-state index contributed by atoms with van der Waals surface area (Å²) in [5.41, 5.74) is 8.93. The summed E-state index contributed by atoms with van der Waals surface area (Å²) in [6.07, 6.45) is 4.57. The highest BCUT2D eigenvalue weighted by atomic mass is 32.1. The zero-order valence-electron chi connectivity index (χ0n) is 12.7. The van der Waals surface area contributed by atoms with Gasteiger partial charge < -0.3 is 20.5 Å². The molecule has 1 aliphatic heterocycles. The van der Waals surface area contributed by atoms with Gasteiger partial charge in [-0.15, -0.1) is 11.3 Å². The van der Waals surface area contributed by atoms with E-state index in [2.05, 4.69) is 5.32 Å². The van der Waals surface area contributed by atoms with Crippen LogP contribution in [0.4, 0.5) is 5.00 Å². The Bertz CT molecular complexity index is 769. The number of amides is 1. The van der Waals surface area contributed by atoms with Crippen molar-refractivity contribution >= 4 is 22.2 Å². The number of hydrogen-bond donors (Lipinski definition) is 2. The molecule has 2 aliphatic rings. The van der Waals surface area contributed by atoms with Crippen LogP contribution in [0.15, 0.2) is 18.2 Å². The molecule has 1 aromatic carbocycles. The molecule has 1 aromatic heterocycles. The molecule has 2 heterocycles. The van der Waals surface area contributed by atoms with Crippen LogP contribution in [0.1, 0.15) is 39.2 Å². The first-order valence-electron chi connectivity index (χ1n) is 7.80. The Hall–Kier alpha value is -2.05. The Morgan fingerprint density at radius 1 is 1.22 bits per heavy atom. The molecule has 3 N–H and O–H groups in total. The number of nitrogens with two attached hydrogens (primary N) is 1. The fourth-order valence-corrected chi connectivity index (χ4v) is 4.48. The second kappa shape index (κ2) is 5.86. The van der Waals surface area contributed by atoms with E-state index in [0.29, 0.717) is 23.6 Å². The molecule has 0 radical (unpaired) electrons. The summed E-state index contributed by atoms with van der Waals surface area (Å²) >= 11 is 1.67. The third-order valence-electron chi connectivity index (χ3n) is 4.35. The lowest BCUT2D eigenvalue weighted by Crippen LogP contribution is -2.13. The Morgan fingerprint density at radius 3 is 2.91 bits per heavy atom. The highest BCUT2D eigenvalue weighted by Gasteiger charge is 2.22. The van der Waals surface area contributed by atoms with Crippen LogP contribution in [0, 0.1) is 0 Å². The number of ether oxygens (including phenoxy) is 2. The van der Waals surface area contributed by atoms with Gasteiger partial charge in [-0.1, -0.05) is 0 Å². The number of fused-ring (bicyclic) bond motifs is 2. The first-order chi connectivity index (χ1) is 11.3. The second-order valence-corrected chi connectivity index (χ2v) is 6.85. The molecule has 6 heteroatoms. The Balaban J connectivity index is 1.60. The number of hydrogen-bond acceptors (Lipinski definition) is 5. The van der Waals surface area contributed by atoms with E-state index in [1.807, 2.05) is 0 Å². The van der Waals surface area contributed by atoms with Gasteiger partial charge in [0.15, 0.2) is 11.5 Å². The molecule has 0 fully saturated rings. The van der Waals surface area contributed by atoms with Crippen LogP contribution in [-0.4, -0.2) is 12.7 Å². The summed E-state index contributed by atoms with van der Waals surface area (Å²) in [7, 11) is 0. The number of anilines is 1. The fourth-order valence-electron chi connectivity index (χ4n) is 3.16. The number of rotatable bonds is 3. The van der Waals surface area contributed by atoms with Gasteiger partial charge in [-0.2, -0.15) is 0 Å². The number of carbonyl (C=O) groups is 1. The maximum absolute atomic E-state index is 12.6. The molecular weight excluding hydrogens is 312 g/mol. The molecule has 0 atom stereocenters. The predicted molar refractivity (Wildman–Crippen MR) is 89.4 cm³/mol. The molecular formula is C17H18N2O3S. The molecule has 0 unspecified atom stereocenters. The normalized spacial score (nSPS) is 15.3. The molecule has 0 saturated heterocycles. The fraction of sp³-hybridized carbons (Fsp3) is 0.353. The molecule has 5 nitrogen and oxygen atoms in total. The monoisotopic (exact) mass is 330 g/mol. The van der Waals surface area contributed by atoms with Crippen molar-refractivity contribution in [1.82, 2.24) is 0 Å². The van der Waals surface area contributed by atoms with Gasteiger partial charge in [0.05, 0.1) is 0 Å². The zero-order chi connectivity index (χ0) is 15.8. The lowest BCUT2D eigenvalue weighted by Gasteiger charge is -2.12. The van der Waals surface area contributed by atoms with E-state index in [1.165, 1.54) is 23.3 Å². The average Bonchev–Trinajstić information content (AvgIpc) is 3.17. The number of carbonyl (C=O) groups excluding carboxylic acids is 1. The van der Waals surface area contributed by atoms with Gasteiger partial charge in [0, 0.05) is 22.5 Å². The van der Waals surface area contributed by atoms with E-state index in [0.717, 1.165) is 23.4 Å². The summed E-state index contributed by atoms with van der Waals surface area (Å²) in [5, 5.41) is 3.92. The minimum Gasteiger partial charge on any atom is -0.454 e. The number of nitrogens with one attached hydrogen (secondary N) is 1. The largest absolute Gasteiger partial charge is 0.454 e. The van der Waals surface area contributed by atoms with Crippen LogP contribution in [0.5, 0.6) is 11.5 Å². The number of aryl methyl sites for hydroxylation is 1. The third kappa shape index (κ3) is 2.58. The van der Waals surface area contributed by atoms with Crippen molar-refractivity contribution < 1.29 is 14.3 Å². The molecule has 23 heavy (non-hydrogen) atoms. The first-order valence-corrected chi connectivity index (χ1v) is 8.62. The maximum Gasteiger partial charge on any atom is 0.256 e. The van der Waals surface area contributed by atoms with Crippen molar-refractivity contribution in [3.05, 3.63) is 39.8 Å². The summed E-state index contributed by atoms with van der Waals surface area (Å²) in [6.45, 7) is 0.665. The summed E-state index contributed by atoms with van der Waals surface area (Å²) in [4.78, 5) is 13.9. The van der Waals surface area contributed by atoms with E-state index in [4.69, 9.17) is 15.2 Å². The highest BCUT2D eigenvalue weighted by Crippen LogP contribution is 2.38. The molecule has 120 valence electrons. The molecule has 0 saturated carbocycles. The zero-order valence-corrected chi connectivity index (χ0v) is 13.5. The minimum atomic E-state index is -0.142. The van der Waals surface area contributed by atoms with Gasteiger partial charge in [0.1, 0.15) is 5.00 Å². The summed E-state index contributed by atoms with van der Waals surface area (Å²) in [5.74, 6) is 1.15. The van der Waals surface area contributed by atoms with Crippen LogP contribution in [-0.2, 0) is 19.4 Å². The van der Waals surface area contributed by atoms with Gasteiger partial charge in [-0.3, -0.25) is 4.79 Å². The lowest BCUT2D eigenvalue weighted by atomic mass is 9.95. The average molecular weight is 330 g/mol. The van der Waals surface area contributed by atoms with Crippen LogP contribution >= 0.6 is 11.3 Å². The van der Waals surface area contributed by atoms with Crippen LogP contribution < -0.4 is 20.5 Å². The van der Waals surface area contributed by atoms with Crippen LogP contribution in [0.2, 0.25) is 0 Å². The minimum absolute atomic E-state index is 0.142.